The zero-order chi connectivity index (χ0) is 28.1. The van der Waals surface area contributed by atoms with E-state index in [0.717, 1.165) is 36.1 Å². The first kappa shape index (κ1) is 25.6. The predicted molar refractivity (Wildman–Crippen MR) is 142 cm³/mol. The summed E-state index contributed by atoms with van der Waals surface area (Å²) < 4.78 is 5.75. The molecule has 11 nitrogen and oxygen atoms in total. The standard InChI is InChI=1S/C29H27N5O6/c1-33-22-12-20(18(11-23(22)40-14-25(33)36)16-7-5-15(13-30)6-8-16)31-19-4-2-3-17-26(19)29(39)34(28(17)38)21-9-10-24(35)32-27(21)37/h2-4,11-12,15-16,21,31H,5-10,14H2,1H3,(H,32,35,37)/t15?,16?,21-/m0/s1. The SMILES string of the molecule is CN1C(=O)COc2cc(C3CCC(C#N)CC3)c(Nc3cccc4c3C(=O)N([C@H]3CCC(=O)NC3=O)C4=O)cc21. The Balaban J connectivity index is 1.38. The minimum absolute atomic E-state index is 0.0181. The molecular weight excluding hydrogens is 514 g/mol. The monoisotopic (exact) mass is 541 g/mol. The molecule has 3 heterocycles. The highest BCUT2D eigenvalue weighted by Gasteiger charge is 2.45. The fraction of sp³-hybridized carbons (Fsp3) is 0.379. The fourth-order valence-corrected chi connectivity index (χ4v) is 6.08. The van der Waals surface area contributed by atoms with E-state index in [0.29, 0.717) is 22.8 Å². The van der Waals surface area contributed by atoms with Gasteiger partial charge in [-0.3, -0.25) is 34.2 Å². The predicted octanol–water partition coefficient (Wildman–Crippen LogP) is 2.98. The highest BCUT2D eigenvalue weighted by Crippen LogP contribution is 2.45. The normalized spacial score (nSPS) is 24.2. The summed E-state index contributed by atoms with van der Waals surface area (Å²) in [4.78, 5) is 65.9. The molecule has 5 amide bonds. The number of amides is 5. The van der Waals surface area contributed by atoms with E-state index in [1.165, 1.54) is 4.90 Å². The average Bonchev–Trinajstić information content (AvgIpc) is 3.21. The molecule has 204 valence electrons. The number of rotatable bonds is 4. The van der Waals surface area contributed by atoms with Gasteiger partial charge in [0.2, 0.25) is 11.8 Å². The molecule has 0 spiro atoms. The summed E-state index contributed by atoms with van der Waals surface area (Å²) in [7, 11) is 1.67. The summed E-state index contributed by atoms with van der Waals surface area (Å²) in [6, 6.07) is 9.93. The van der Waals surface area contributed by atoms with Gasteiger partial charge in [0.1, 0.15) is 11.8 Å². The quantitative estimate of drug-likeness (QED) is 0.561. The number of carbonyl (C=O) groups is 5. The first-order valence-electron chi connectivity index (χ1n) is 13.3. The van der Waals surface area contributed by atoms with Crippen LogP contribution in [0, 0.1) is 17.2 Å². The molecule has 1 saturated heterocycles. The van der Waals surface area contributed by atoms with Crippen LogP contribution >= 0.6 is 0 Å². The van der Waals surface area contributed by atoms with Gasteiger partial charge in [-0.05, 0) is 67.9 Å². The van der Waals surface area contributed by atoms with Gasteiger partial charge in [0.05, 0.1) is 28.6 Å². The van der Waals surface area contributed by atoms with Gasteiger partial charge in [-0.1, -0.05) is 6.07 Å². The van der Waals surface area contributed by atoms with Crippen molar-refractivity contribution < 1.29 is 28.7 Å². The van der Waals surface area contributed by atoms with Crippen LogP contribution in [-0.4, -0.2) is 54.1 Å². The van der Waals surface area contributed by atoms with E-state index < -0.39 is 29.7 Å². The lowest BCUT2D eigenvalue weighted by molar-refractivity contribution is -0.136. The Morgan fingerprint density at radius 3 is 2.50 bits per heavy atom. The van der Waals surface area contributed by atoms with E-state index in [9.17, 15) is 29.2 Å². The van der Waals surface area contributed by atoms with Crippen molar-refractivity contribution in [1.82, 2.24) is 10.2 Å². The highest BCUT2D eigenvalue weighted by atomic mass is 16.5. The van der Waals surface area contributed by atoms with Gasteiger partial charge in [-0.25, -0.2) is 0 Å². The summed E-state index contributed by atoms with van der Waals surface area (Å²) in [5.74, 6) is -1.77. The van der Waals surface area contributed by atoms with Crippen LogP contribution in [0.2, 0.25) is 0 Å². The number of ether oxygens (including phenoxy) is 1. The zero-order valence-corrected chi connectivity index (χ0v) is 21.9. The highest BCUT2D eigenvalue weighted by molar-refractivity contribution is 6.25. The third-order valence-corrected chi connectivity index (χ3v) is 8.30. The van der Waals surface area contributed by atoms with Crippen molar-refractivity contribution in [3.05, 3.63) is 47.0 Å². The Kier molecular flexibility index (Phi) is 6.25. The molecule has 1 aliphatic carbocycles. The second-order valence-electron chi connectivity index (χ2n) is 10.6. The second-order valence-corrected chi connectivity index (χ2v) is 10.6. The fourth-order valence-electron chi connectivity index (χ4n) is 6.08. The van der Waals surface area contributed by atoms with Crippen molar-refractivity contribution in [3.8, 4) is 11.8 Å². The second kappa shape index (κ2) is 9.79. The molecule has 3 aliphatic heterocycles. The molecule has 40 heavy (non-hydrogen) atoms. The molecule has 2 N–H and O–H groups in total. The maximum Gasteiger partial charge on any atom is 0.264 e. The topological polar surface area (TPSA) is 149 Å². The molecule has 6 rings (SSSR count). The molecule has 0 aromatic heterocycles. The Labute approximate surface area is 230 Å². The summed E-state index contributed by atoms with van der Waals surface area (Å²) in [6.07, 6.45) is 3.24. The van der Waals surface area contributed by atoms with Crippen LogP contribution in [0.4, 0.5) is 17.1 Å². The molecule has 4 aliphatic rings. The number of fused-ring (bicyclic) bond motifs is 2. The Morgan fingerprint density at radius 2 is 1.77 bits per heavy atom. The number of likely N-dealkylation sites (N-methyl/N-ethyl adjacent to an activating group) is 1. The molecule has 1 atom stereocenters. The number of hydrogen-bond donors (Lipinski definition) is 2. The smallest absolute Gasteiger partial charge is 0.264 e. The number of anilines is 3. The number of benzene rings is 2. The molecule has 2 fully saturated rings. The van der Waals surface area contributed by atoms with Gasteiger partial charge in [0.15, 0.2) is 6.61 Å². The molecule has 0 radical (unpaired) electrons. The van der Waals surface area contributed by atoms with Gasteiger partial charge >= 0.3 is 0 Å². The minimum atomic E-state index is -1.07. The van der Waals surface area contributed by atoms with Crippen LogP contribution in [0.25, 0.3) is 0 Å². The maximum atomic E-state index is 13.6. The van der Waals surface area contributed by atoms with Crippen molar-refractivity contribution >= 4 is 46.6 Å². The first-order valence-corrected chi connectivity index (χ1v) is 13.3. The van der Waals surface area contributed by atoms with Crippen molar-refractivity contribution in [2.24, 2.45) is 5.92 Å². The molecule has 0 unspecified atom stereocenters. The van der Waals surface area contributed by atoms with Crippen LogP contribution < -0.4 is 20.3 Å². The largest absolute Gasteiger partial charge is 0.482 e. The number of carbonyl (C=O) groups excluding carboxylic acids is 5. The average molecular weight is 542 g/mol. The van der Waals surface area contributed by atoms with E-state index >= 15 is 0 Å². The van der Waals surface area contributed by atoms with Crippen LogP contribution in [-0.2, 0) is 14.4 Å². The number of piperidine rings is 1. The van der Waals surface area contributed by atoms with Crippen molar-refractivity contribution in [1.29, 1.82) is 5.26 Å². The molecule has 2 aromatic carbocycles. The van der Waals surface area contributed by atoms with E-state index in [1.54, 1.807) is 25.2 Å². The van der Waals surface area contributed by atoms with Crippen molar-refractivity contribution in [2.45, 2.75) is 50.5 Å². The van der Waals surface area contributed by atoms with Crippen molar-refractivity contribution in [3.63, 3.8) is 0 Å². The molecule has 11 heteroatoms. The maximum absolute atomic E-state index is 13.6. The Morgan fingerprint density at radius 1 is 1.00 bits per heavy atom. The molecule has 1 saturated carbocycles. The number of hydrogen-bond acceptors (Lipinski definition) is 8. The van der Waals surface area contributed by atoms with Crippen LogP contribution in [0.5, 0.6) is 5.75 Å². The third kappa shape index (κ3) is 4.16. The molecule has 0 bridgehead atoms. The van der Waals surface area contributed by atoms with E-state index in [-0.39, 0.29) is 48.3 Å². The van der Waals surface area contributed by atoms with Gasteiger partial charge in [-0.15, -0.1) is 0 Å². The van der Waals surface area contributed by atoms with E-state index in [1.807, 2.05) is 12.1 Å². The van der Waals surface area contributed by atoms with E-state index in [2.05, 4.69) is 16.7 Å². The van der Waals surface area contributed by atoms with Crippen LogP contribution in [0.3, 0.4) is 0 Å². The third-order valence-electron chi connectivity index (χ3n) is 8.30. The summed E-state index contributed by atoms with van der Waals surface area (Å²) in [6.45, 7) is -0.0597. The Hall–Kier alpha value is -4.72. The first-order chi connectivity index (χ1) is 19.3. The minimum Gasteiger partial charge on any atom is -0.482 e. The number of nitrogens with one attached hydrogen (secondary N) is 2. The van der Waals surface area contributed by atoms with Gasteiger partial charge < -0.3 is 15.0 Å². The number of imide groups is 2. The van der Waals surface area contributed by atoms with Gasteiger partial charge in [0.25, 0.3) is 17.7 Å². The van der Waals surface area contributed by atoms with Crippen LogP contribution in [0.1, 0.15) is 70.7 Å². The van der Waals surface area contributed by atoms with Gasteiger partial charge in [0, 0.05) is 25.1 Å². The van der Waals surface area contributed by atoms with Gasteiger partial charge in [-0.2, -0.15) is 5.26 Å². The van der Waals surface area contributed by atoms with Crippen LogP contribution in [0.15, 0.2) is 30.3 Å². The summed E-state index contributed by atoms with van der Waals surface area (Å²) in [5, 5.41) is 14.9. The summed E-state index contributed by atoms with van der Waals surface area (Å²) >= 11 is 0. The number of nitrogens with zero attached hydrogens (tertiary/aromatic N) is 3. The summed E-state index contributed by atoms with van der Waals surface area (Å²) in [5.41, 5.74) is 2.89. The molecule has 2 aromatic rings. The van der Waals surface area contributed by atoms with E-state index in [4.69, 9.17) is 4.74 Å². The molecular formula is C29H27N5O6. The van der Waals surface area contributed by atoms with Crippen molar-refractivity contribution in [2.75, 3.05) is 23.9 Å². The number of nitriles is 1. The lowest BCUT2D eigenvalue weighted by atomic mass is 9.78. The Bertz CT molecular complexity index is 1520. The lowest BCUT2D eigenvalue weighted by Crippen LogP contribution is -2.54. The zero-order valence-electron chi connectivity index (χ0n) is 21.9. The lowest BCUT2D eigenvalue weighted by Gasteiger charge is -2.31.